The fourth-order valence-electron chi connectivity index (χ4n) is 0.775. The van der Waals surface area contributed by atoms with Crippen molar-refractivity contribution >= 4 is 11.9 Å². The van der Waals surface area contributed by atoms with E-state index in [4.69, 9.17) is 22.3 Å². The van der Waals surface area contributed by atoms with Crippen LogP contribution in [0.4, 0.5) is 0 Å². The van der Waals surface area contributed by atoms with Crippen molar-refractivity contribution in [2.45, 2.75) is 25.4 Å². The third-order valence-electron chi connectivity index (χ3n) is 1.28. The Bertz CT molecular complexity index is 188. The average molecular weight is 174 g/mol. The minimum absolute atomic E-state index is 0.0555. The Labute approximate surface area is 70.4 Å². The Morgan fingerprint density at radius 2 is 2.08 bits per heavy atom. The van der Waals surface area contributed by atoms with E-state index in [9.17, 15) is 4.79 Å². The van der Waals surface area contributed by atoms with Crippen molar-refractivity contribution in [3.8, 4) is 0 Å². The molecule has 0 heterocycles. The van der Waals surface area contributed by atoms with Gasteiger partial charge in [0.25, 0.3) is 0 Å². The van der Waals surface area contributed by atoms with Crippen LogP contribution >= 0.6 is 0 Å². The van der Waals surface area contributed by atoms with Crippen LogP contribution in [0.5, 0.6) is 0 Å². The van der Waals surface area contributed by atoms with Gasteiger partial charge in [-0.25, -0.2) is 0 Å². The topological polar surface area (TPSA) is 128 Å². The highest BCUT2D eigenvalue weighted by molar-refractivity contribution is 5.76. The van der Waals surface area contributed by atoms with Gasteiger partial charge in [-0.2, -0.15) is 0 Å². The van der Waals surface area contributed by atoms with Gasteiger partial charge in [0.2, 0.25) is 0 Å². The quantitative estimate of drug-likeness (QED) is 0.303. The third-order valence-corrected chi connectivity index (χ3v) is 1.28. The van der Waals surface area contributed by atoms with Crippen molar-refractivity contribution in [2.75, 3.05) is 0 Å². The minimum atomic E-state index is -1.05. The molecule has 0 aromatic heterocycles. The molecule has 0 fully saturated rings. The lowest BCUT2D eigenvalue weighted by Gasteiger charge is -2.09. The molecule has 12 heavy (non-hydrogen) atoms. The summed E-state index contributed by atoms with van der Waals surface area (Å²) in [7, 11) is 0. The highest BCUT2D eigenvalue weighted by atomic mass is 16.4. The smallest absolute Gasteiger partial charge is 0.320 e. The van der Waals surface area contributed by atoms with E-state index >= 15 is 0 Å². The van der Waals surface area contributed by atoms with Crippen molar-refractivity contribution < 1.29 is 9.90 Å². The maximum absolute atomic E-state index is 10.3. The standard InChI is InChI=1S/C6H14N4O2/c1-3(10-6(8)9)2-4(7)5(11)12/h3-4H,2,7H2,1H3,(H,11,12)(H4,8,9,10). The van der Waals surface area contributed by atoms with Crippen molar-refractivity contribution in [1.82, 2.24) is 0 Å². The number of aliphatic carboxylic acids is 1. The lowest BCUT2D eigenvalue weighted by Crippen LogP contribution is -2.34. The second-order valence-corrected chi connectivity index (χ2v) is 2.58. The summed E-state index contributed by atoms with van der Waals surface area (Å²) < 4.78 is 0. The molecule has 0 aliphatic rings. The number of nitrogens with zero attached hydrogens (tertiary/aromatic N) is 1. The fraction of sp³-hybridized carbons (Fsp3) is 0.667. The van der Waals surface area contributed by atoms with E-state index in [1.807, 2.05) is 0 Å². The summed E-state index contributed by atoms with van der Waals surface area (Å²) >= 11 is 0. The van der Waals surface area contributed by atoms with E-state index in [-0.39, 0.29) is 18.4 Å². The van der Waals surface area contributed by atoms with Crippen LogP contribution in [0.15, 0.2) is 4.99 Å². The zero-order chi connectivity index (χ0) is 9.72. The molecule has 0 spiro atoms. The van der Waals surface area contributed by atoms with Gasteiger partial charge >= 0.3 is 5.97 Å². The van der Waals surface area contributed by atoms with Gasteiger partial charge in [-0.15, -0.1) is 0 Å². The zero-order valence-corrected chi connectivity index (χ0v) is 6.90. The number of guanidine groups is 1. The summed E-state index contributed by atoms with van der Waals surface area (Å²) in [6, 6.07) is -1.18. The molecule has 0 aromatic rings. The van der Waals surface area contributed by atoms with Crippen LogP contribution in [0.2, 0.25) is 0 Å². The minimum Gasteiger partial charge on any atom is -0.480 e. The number of rotatable bonds is 4. The molecular formula is C6H14N4O2. The van der Waals surface area contributed by atoms with Crippen LogP contribution in [0.1, 0.15) is 13.3 Å². The van der Waals surface area contributed by atoms with E-state index < -0.39 is 12.0 Å². The Kier molecular flexibility index (Phi) is 4.06. The van der Waals surface area contributed by atoms with E-state index in [2.05, 4.69) is 4.99 Å². The molecule has 70 valence electrons. The lowest BCUT2D eigenvalue weighted by atomic mass is 10.1. The molecule has 0 aliphatic carbocycles. The second-order valence-electron chi connectivity index (χ2n) is 2.58. The van der Waals surface area contributed by atoms with Crippen LogP contribution < -0.4 is 17.2 Å². The number of carboxylic acids is 1. The number of carboxylic acid groups (broad SMARTS) is 1. The normalized spacial score (nSPS) is 14.8. The summed E-state index contributed by atoms with van der Waals surface area (Å²) in [4.78, 5) is 14.0. The number of hydrogen-bond donors (Lipinski definition) is 4. The van der Waals surface area contributed by atoms with Gasteiger partial charge < -0.3 is 22.3 Å². The first-order chi connectivity index (χ1) is 5.43. The van der Waals surface area contributed by atoms with Crippen LogP contribution in [0, 0.1) is 0 Å². The Hall–Kier alpha value is -1.30. The third kappa shape index (κ3) is 4.51. The number of carbonyl (C=O) groups is 1. The molecule has 2 atom stereocenters. The lowest BCUT2D eigenvalue weighted by molar-refractivity contribution is -0.138. The molecule has 0 saturated heterocycles. The Morgan fingerprint density at radius 1 is 1.58 bits per heavy atom. The molecule has 0 saturated carbocycles. The van der Waals surface area contributed by atoms with Crippen LogP contribution in [-0.2, 0) is 4.79 Å². The summed E-state index contributed by atoms with van der Waals surface area (Å²) in [5, 5.41) is 8.43. The van der Waals surface area contributed by atoms with E-state index in [1.54, 1.807) is 6.92 Å². The van der Waals surface area contributed by atoms with Crippen LogP contribution in [0.3, 0.4) is 0 Å². The van der Waals surface area contributed by atoms with Gasteiger partial charge in [0.05, 0.1) is 6.04 Å². The van der Waals surface area contributed by atoms with Crippen molar-refractivity contribution in [3.63, 3.8) is 0 Å². The van der Waals surface area contributed by atoms with Gasteiger partial charge in [0, 0.05) is 0 Å². The molecule has 0 amide bonds. The van der Waals surface area contributed by atoms with Crippen molar-refractivity contribution in [1.29, 1.82) is 0 Å². The molecule has 0 aromatic carbocycles. The zero-order valence-electron chi connectivity index (χ0n) is 6.90. The van der Waals surface area contributed by atoms with E-state index in [1.165, 1.54) is 0 Å². The highest BCUT2D eigenvalue weighted by Crippen LogP contribution is 1.99. The van der Waals surface area contributed by atoms with E-state index in [0.717, 1.165) is 0 Å². The summed E-state index contributed by atoms with van der Waals surface area (Å²) in [5.41, 5.74) is 15.4. The molecule has 0 radical (unpaired) electrons. The Balaban J connectivity index is 3.92. The van der Waals surface area contributed by atoms with Crippen molar-refractivity contribution in [2.24, 2.45) is 22.2 Å². The van der Waals surface area contributed by atoms with Gasteiger partial charge in [0.1, 0.15) is 6.04 Å². The average Bonchev–Trinajstić information content (AvgIpc) is 1.84. The molecule has 6 nitrogen and oxygen atoms in total. The van der Waals surface area contributed by atoms with Gasteiger partial charge in [-0.3, -0.25) is 9.79 Å². The van der Waals surface area contributed by atoms with E-state index in [0.29, 0.717) is 0 Å². The van der Waals surface area contributed by atoms with Crippen LogP contribution in [0.25, 0.3) is 0 Å². The summed E-state index contributed by atoms with van der Waals surface area (Å²) in [5.74, 6) is -1.10. The number of nitrogens with two attached hydrogens (primary N) is 3. The summed E-state index contributed by atoms with van der Waals surface area (Å²) in [6.07, 6.45) is 0.229. The molecule has 2 unspecified atom stereocenters. The predicted octanol–water partition coefficient (Wildman–Crippen LogP) is -1.55. The van der Waals surface area contributed by atoms with Gasteiger partial charge in [0.15, 0.2) is 5.96 Å². The first kappa shape index (κ1) is 10.7. The second kappa shape index (κ2) is 4.55. The first-order valence-electron chi connectivity index (χ1n) is 3.50. The molecule has 0 rings (SSSR count). The van der Waals surface area contributed by atoms with Gasteiger partial charge in [-0.05, 0) is 13.3 Å². The Morgan fingerprint density at radius 3 is 2.42 bits per heavy atom. The SMILES string of the molecule is CC(CC(N)C(=O)O)N=C(N)N. The van der Waals surface area contributed by atoms with Gasteiger partial charge in [-0.1, -0.05) is 0 Å². The fourth-order valence-corrected chi connectivity index (χ4v) is 0.775. The maximum atomic E-state index is 10.3. The summed E-state index contributed by atoms with van der Waals surface area (Å²) in [6.45, 7) is 1.70. The first-order valence-corrected chi connectivity index (χ1v) is 3.50. The molecule has 0 bridgehead atoms. The maximum Gasteiger partial charge on any atom is 0.320 e. The molecule has 6 heteroatoms. The molecular weight excluding hydrogens is 160 g/mol. The number of hydrogen-bond acceptors (Lipinski definition) is 3. The molecule has 0 aliphatic heterocycles. The monoisotopic (exact) mass is 174 g/mol. The van der Waals surface area contributed by atoms with Crippen LogP contribution in [-0.4, -0.2) is 29.1 Å². The highest BCUT2D eigenvalue weighted by Gasteiger charge is 2.14. The largest absolute Gasteiger partial charge is 0.480 e. The van der Waals surface area contributed by atoms with Crippen molar-refractivity contribution in [3.05, 3.63) is 0 Å². The predicted molar refractivity (Wildman–Crippen MR) is 45.5 cm³/mol. The molecule has 7 N–H and O–H groups in total. The number of aliphatic imine (C=N–C) groups is 1.